The van der Waals surface area contributed by atoms with Gasteiger partial charge in [0.25, 0.3) is 0 Å². The molecule has 0 radical (unpaired) electrons. The molecule has 0 atom stereocenters. The van der Waals surface area contributed by atoms with Gasteiger partial charge < -0.3 is 5.32 Å². The van der Waals surface area contributed by atoms with Gasteiger partial charge in [0.15, 0.2) is 0 Å². The van der Waals surface area contributed by atoms with Gasteiger partial charge in [-0.3, -0.25) is 4.79 Å². The molecule has 0 saturated heterocycles. The molecule has 2 aliphatic rings. The molecule has 2 nitrogen and oxygen atoms in total. The van der Waals surface area contributed by atoms with Crippen molar-refractivity contribution in [3.05, 3.63) is 0 Å². The number of nitrogens with one attached hydrogen (secondary N) is 1. The molecule has 0 unspecified atom stereocenters. The lowest BCUT2D eigenvalue weighted by molar-refractivity contribution is -0.127. The first-order valence-corrected chi connectivity index (χ1v) is 6.22. The molecule has 2 saturated carbocycles. The van der Waals surface area contributed by atoms with Crippen molar-refractivity contribution in [1.29, 1.82) is 0 Å². The van der Waals surface area contributed by atoms with Gasteiger partial charge in [-0.15, -0.1) is 0 Å². The zero-order chi connectivity index (χ0) is 9.31. The second-order valence-corrected chi connectivity index (χ2v) is 5.04. The van der Waals surface area contributed by atoms with E-state index < -0.39 is 0 Å². The van der Waals surface area contributed by atoms with Gasteiger partial charge in [-0.25, -0.2) is 0 Å². The van der Waals surface area contributed by atoms with Crippen LogP contribution in [0.3, 0.4) is 0 Å². The first-order chi connectivity index (χ1) is 6.26. The maximum atomic E-state index is 11.5. The van der Waals surface area contributed by atoms with Gasteiger partial charge in [-0.1, -0.05) is 22.4 Å². The predicted octanol–water partition coefficient (Wildman–Crippen LogP) is 2.08. The Morgan fingerprint density at radius 3 is 2.54 bits per heavy atom. The van der Waals surface area contributed by atoms with Crippen LogP contribution in [0.15, 0.2) is 0 Å². The Bertz CT molecular complexity index is 209. The maximum absolute atomic E-state index is 11.5. The van der Waals surface area contributed by atoms with Crippen molar-refractivity contribution < 1.29 is 4.79 Å². The Hall–Kier alpha value is -0.0500. The van der Waals surface area contributed by atoms with Gasteiger partial charge in [-0.2, -0.15) is 0 Å². The van der Waals surface area contributed by atoms with Crippen LogP contribution in [0.25, 0.3) is 0 Å². The number of alkyl halides is 1. The standard InChI is InChI=1S/C10H16BrNO/c11-6-10(4-5-10)7-12-9(13)8-2-1-3-8/h8H,1-7H2,(H,12,13). The van der Waals surface area contributed by atoms with E-state index in [1.165, 1.54) is 19.3 Å². The highest BCUT2D eigenvalue weighted by Gasteiger charge is 2.42. The number of rotatable bonds is 4. The van der Waals surface area contributed by atoms with E-state index in [1.54, 1.807) is 0 Å². The Labute approximate surface area is 87.6 Å². The topological polar surface area (TPSA) is 29.1 Å². The van der Waals surface area contributed by atoms with Crippen molar-refractivity contribution >= 4 is 21.8 Å². The summed E-state index contributed by atoms with van der Waals surface area (Å²) in [6.07, 6.45) is 5.98. The van der Waals surface area contributed by atoms with Gasteiger partial charge in [0.05, 0.1) is 0 Å². The summed E-state index contributed by atoms with van der Waals surface area (Å²) in [4.78, 5) is 11.5. The van der Waals surface area contributed by atoms with Crippen LogP contribution < -0.4 is 5.32 Å². The van der Waals surface area contributed by atoms with Crippen LogP contribution in [0.5, 0.6) is 0 Å². The summed E-state index contributed by atoms with van der Waals surface area (Å²) in [5.74, 6) is 0.629. The van der Waals surface area contributed by atoms with Gasteiger partial charge >= 0.3 is 0 Å². The highest BCUT2D eigenvalue weighted by atomic mass is 79.9. The Kier molecular flexibility index (Phi) is 2.63. The average Bonchev–Trinajstić information content (AvgIpc) is 2.78. The Balaban J connectivity index is 1.69. The van der Waals surface area contributed by atoms with Crippen molar-refractivity contribution in [1.82, 2.24) is 5.32 Å². The fourth-order valence-electron chi connectivity index (χ4n) is 1.62. The number of carbonyl (C=O) groups is 1. The van der Waals surface area contributed by atoms with Crippen molar-refractivity contribution in [2.45, 2.75) is 32.1 Å². The zero-order valence-electron chi connectivity index (χ0n) is 7.81. The molecule has 0 spiro atoms. The molecule has 13 heavy (non-hydrogen) atoms. The van der Waals surface area contributed by atoms with Crippen molar-refractivity contribution in [3.8, 4) is 0 Å². The number of hydrogen-bond acceptors (Lipinski definition) is 1. The maximum Gasteiger partial charge on any atom is 0.223 e. The van der Waals surface area contributed by atoms with E-state index in [0.717, 1.165) is 24.7 Å². The highest BCUT2D eigenvalue weighted by Crippen LogP contribution is 2.46. The molecular weight excluding hydrogens is 230 g/mol. The molecule has 0 bridgehead atoms. The first-order valence-electron chi connectivity index (χ1n) is 5.09. The largest absolute Gasteiger partial charge is 0.355 e. The minimum absolute atomic E-state index is 0.290. The molecule has 3 heteroatoms. The number of halogens is 1. The summed E-state index contributed by atoms with van der Waals surface area (Å²) in [6, 6.07) is 0. The fraction of sp³-hybridized carbons (Fsp3) is 0.900. The molecule has 2 aliphatic carbocycles. The summed E-state index contributed by atoms with van der Waals surface area (Å²) >= 11 is 3.50. The van der Waals surface area contributed by atoms with Crippen LogP contribution in [-0.4, -0.2) is 17.8 Å². The average molecular weight is 246 g/mol. The van der Waals surface area contributed by atoms with E-state index >= 15 is 0 Å². The molecule has 74 valence electrons. The van der Waals surface area contributed by atoms with E-state index in [0.29, 0.717) is 17.2 Å². The molecule has 1 amide bonds. The monoisotopic (exact) mass is 245 g/mol. The van der Waals surface area contributed by atoms with E-state index in [2.05, 4.69) is 21.2 Å². The minimum Gasteiger partial charge on any atom is -0.355 e. The second kappa shape index (κ2) is 3.60. The van der Waals surface area contributed by atoms with E-state index in [1.807, 2.05) is 0 Å². The number of amides is 1. The molecule has 0 aromatic heterocycles. The highest BCUT2D eigenvalue weighted by molar-refractivity contribution is 9.09. The number of carbonyl (C=O) groups excluding carboxylic acids is 1. The molecular formula is C10H16BrNO. The van der Waals surface area contributed by atoms with E-state index in [4.69, 9.17) is 0 Å². The van der Waals surface area contributed by atoms with Crippen molar-refractivity contribution in [3.63, 3.8) is 0 Å². The molecule has 0 heterocycles. The minimum atomic E-state index is 0.290. The van der Waals surface area contributed by atoms with E-state index in [9.17, 15) is 4.79 Å². The van der Waals surface area contributed by atoms with Crippen molar-refractivity contribution in [2.75, 3.05) is 11.9 Å². The zero-order valence-corrected chi connectivity index (χ0v) is 9.40. The quantitative estimate of drug-likeness (QED) is 0.756. The fourth-order valence-corrected chi connectivity index (χ4v) is 2.38. The molecule has 0 aromatic carbocycles. The third-order valence-electron chi connectivity index (χ3n) is 3.35. The Morgan fingerprint density at radius 2 is 2.15 bits per heavy atom. The summed E-state index contributed by atoms with van der Waals surface area (Å²) in [5, 5.41) is 4.10. The molecule has 2 fully saturated rings. The third-order valence-corrected chi connectivity index (χ3v) is 4.54. The lowest BCUT2D eigenvalue weighted by Crippen LogP contribution is -2.38. The lowest BCUT2D eigenvalue weighted by atomic mass is 9.85. The van der Waals surface area contributed by atoms with Crippen LogP contribution >= 0.6 is 15.9 Å². The summed E-state index contributed by atoms with van der Waals surface area (Å²) in [5.41, 5.74) is 0.416. The molecule has 0 aromatic rings. The second-order valence-electron chi connectivity index (χ2n) is 4.48. The summed E-state index contributed by atoms with van der Waals surface area (Å²) < 4.78 is 0. The smallest absolute Gasteiger partial charge is 0.223 e. The van der Waals surface area contributed by atoms with E-state index in [-0.39, 0.29) is 0 Å². The van der Waals surface area contributed by atoms with Crippen LogP contribution in [0, 0.1) is 11.3 Å². The van der Waals surface area contributed by atoms with Gasteiger partial charge in [-0.05, 0) is 31.1 Å². The summed E-state index contributed by atoms with van der Waals surface area (Å²) in [7, 11) is 0. The lowest BCUT2D eigenvalue weighted by Gasteiger charge is -2.25. The number of hydrogen-bond donors (Lipinski definition) is 1. The molecule has 1 N–H and O–H groups in total. The molecule has 0 aliphatic heterocycles. The summed E-state index contributed by atoms with van der Waals surface area (Å²) in [6.45, 7) is 0.883. The Morgan fingerprint density at radius 1 is 1.46 bits per heavy atom. The van der Waals surface area contributed by atoms with Crippen LogP contribution in [0.1, 0.15) is 32.1 Å². The predicted molar refractivity (Wildman–Crippen MR) is 55.8 cm³/mol. The van der Waals surface area contributed by atoms with Crippen LogP contribution in [0.4, 0.5) is 0 Å². The van der Waals surface area contributed by atoms with Gasteiger partial charge in [0.2, 0.25) is 5.91 Å². The third kappa shape index (κ3) is 2.06. The van der Waals surface area contributed by atoms with Crippen molar-refractivity contribution in [2.24, 2.45) is 11.3 Å². The normalized spacial score (nSPS) is 25.0. The van der Waals surface area contributed by atoms with Gasteiger partial charge in [0, 0.05) is 17.8 Å². The van der Waals surface area contributed by atoms with Crippen LogP contribution in [0.2, 0.25) is 0 Å². The first kappa shape index (κ1) is 9.50. The van der Waals surface area contributed by atoms with Crippen LogP contribution in [-0.2, 0) is 4.79 Å². The SMILES string of the molecule is O=C(NCC1(CBr)CC1)C1CCC1. The molecule has 2 rings (SSSR count). The van der Waals surface area contributed by atoms with Gasteiger partial charge in [0.1, 0.15) is 0 Å².